The normalized spacial score (nSPS) is 10.5. The fourth-order valence-electron chi connectivity index (χ4n) is 0.954. The number of rotatable bonds is 0. The molecule has 0 aliphatic carbocycles. The van der Waals surface area contributed by atoms with Crippen LogP contribution in [0.4, 0.5) is 17.6 Å². The Morgan fingerprint density at radius 1 is 1.31 bits per heavy atom. The molecule has 0 saturated carbocycles. The molecule has 0 bridgehead atoms. The van der Waals surface area contributed by atoms with E-state index in [2.05, 4.69) is 11.7 Å². The molecule has 16 heavy (non-hydrogen) atoms. The van der Waals surface area contributed by atoms with E-state index in [-0.39, 0.29) is 5.56 Å². The monoisotopic (exact) mass is 231 g/mol. The molecule has 0 saturated heterocycles. The molecule has 0 heterocycles. The summed E-state index contributed by atoms with van der Waals surface area (Å²) in [6.45, 7) is 0. The van der Waals surface area contributed by atoms with Crippen LogP contribution in [0.25, 0.3) is 0 Å². The van der Waals surface area contributed by atoms with Gasteiger partial charge in [-0.1, -0.05) is 5.92 Å². The number of nitrogens with two attached hydrogens (primary N) is 1. The lowest BCUT2D eigenvalue weighted by molar-refractivity contribution is -0.140. The van der Waals surface area contributed by atoms with E-state index in [0.717, 1.165) is 6.07 Å². The summed E-state index contributed by atoms with van der Waals surface area (Å²) in [5.41, 5.74) is 3.13. The maximum absolute atomic E-state index is 12.8. The SMILES string of the molecule is NC(=O)C#Cc1ccc(F)c(C(F)(F)F)c1. The average molecular weight is 231 g/mol. The molecule has 0 radical (unpaired) electrons. The first kappa shape index (κ1) is 12.0. The van der Waals surface area contributed by atoms with Crippen molar-refractivity contribution in [3.8, 4) is 11.8 Å². The Morgan fingerprint density at radius 3 is 2.44 bits per heavy atom. The van der Waals surface area contributed by atoms with Crippen molar-refractivity contribution in [2.24, 2.45) is 5.73 Å². The molecule has 84 valence electrons. The average Bonchev–Trinajstić information content (AvgIpc) is 2.14. The lowest BCUT2D eigenvalue weighted by Gasteiger charge is -2.07. The van der Waals surface area contributed by atoms with Gasteiger partial charge in [-0.2, -0.15) is 13.2 Å². The fourth-order valence-corrected chi connectivity index (χ4v) is 0.954. The van der Waals surface area contributed by atoms with Crippen molar-refractivity contribution < 1.29 is 22.4 Å². The first-order valence-electron chi connectivity index (χ1n) is 3.99. The summed E-state index contributed by atoms with van der Waals surface area (Å²) >= 11 is 0. The van der Waals surface area contributed by atoms with Crippen molar-refractivity contribution >= 4 is 5.91 Å². The number of carbonyl (C=O) groups excluding carboxylic acids is 1. The minimum atomic E-state index is -4.80. The van der Waals surface area contributed by atoms with Gasteiger partial charge in [0.15, 0.2) is 0 Å². The van der Waals surface area contributed by atoms with Crippen molar-refractivity contribution in [2.75, 3.05) is 0 Å². The van der Waals surface area contributed by atoms with Crippen molar-refractivity contribution in [2.45, 2.75) is 6.18 Å². The smallest absolute Gasteiger partial charge is 0.359 e. The Labute approximate surface area is 88.1 Å². The summed E-state index contributed by atoms with van der Waals surface area (Å²) in [6.07, 6.45) is -4.80. The highest BCUT2D eigenvalue weighted by Crippen LogP contribution is 2.31. The molecule has 1 rings (SSSR count). The molecule has 1 aromatic carbocycles. The molecule has 2 nitrogen and oxygen atoms in total. The third kappa shape index (κ3) is 2.98. The van der Waals surface area contributed by atoms with Crippen LogP contribution in [0, 0.1) is 17.7 Å². The zero-order valence-electron chi connectivity index (χ0n) is 7.73. The van der Waals surface area contributed by atoms with Gasteiger partial charge >= 0.3 is 6.18 Å². The minimum absolute atomic E-state index is 0.132. The molecule has 0 spiro atoms. The Bertz CT molecular complexity index is 482. The number of benzene rings is 1. The molecule has 0 aromatic heterocycles. The number of amides is 1. The van der Waals surface area contributed by atoms with Gasteiger partial charge in [0.25, 0.3) is 5.91 Å². The van der Waals surface area contributed by atoms with Crippen molar-refractivity contribution in [1.82, 2.24) is 0 Å². The van der Waals surface area contributed by atoms with Crippen molar-refractivity contribution in [3.63, 3.8) is 0 Å². The van der Waals surface area contributed by atoms with Gasteiger partial charge in [0.1, 0.15) is 5.82 Å². The molecule has 0 aliphatic heterocycles. The summed E-state index contributed by atoms with van der Waals surface area (Å²) < 4.78 is 49.5. The van der Waals surface area contributed by atoms with Crippen LogP contribution in [0.5, 0.6) is 0 Å². The second kappa shape index (κ2) is 4.23. The van der Waals surface area contributed by atoms with Crippen LogP contribution in [0.1, 0.15) is 11.1 Å². The number of carbonyl (C=O) groups is 1. The van der Waals surface area contributed by atoms with E-state index in [1.165, 1.54) is 0 Å². The van der Waals surface area contributed by atoms with E-state index in [4.69, 9.17) is 0 Å². The van der Waals surface area contributed by atoms with Crippen LogP contribution in [0.2, 0.25) is 0 Å². The first-order valence-corrected chi connectivity index (χ1v) is 3.99. The number of alkyl halides is 3. The fraction of sp³-hybridized carbons (Fsp3) is 0.100. The topological polar surface area (TPSA) is 43.1 Å². The van der Waals surface area contributed by atoms with Crippen molar-refractivity contribution in [1.29, 1.82) is 0 Å². The van der Waals surface area contributed by atoms with E-state index in [0.29, 0.717) is 12.1 Å². The number of halogens is 4. The Kier molecular flexibility index (Phi) is 3.18. The molecule has 2 N–H and O–H groups in total. The number of hydrogen-bond donors (Lipinski definition) is 1. The second-order valence-corrected chi connectivity index (χ2v) is 2.81. The Balaban J connectivity index is 3.20. The highest BCUT2D eigenvalue weighted by molar-refractivity contribution is 5.92. The van der Waals surface area contributed by atoms with Crippen molar-refractivity contribution in [3.05, 3.63) is 35.1 Å². The van der Waals surface area contributed by atoms with E-state index in [1.54, 1.807) is 0 Å². The quantitative estimate of drug-likeness (QED) is 0.535. The number of primary amides is 1. The van der Waals surface area contributed by atoms with Gasteiger partial charge in [0.2, 0.25) is 0 Å². The van der Waals surface area contributed by atoms with Gasteiger partial charge in [-0.05, 0) is 24.1 Å². The molecular weight excluding hydrogens is 226 g/mol. The summed E-state index contributed by atoms with van der Waals surface area (Å²) in [6, 6.07) is 2.18. The third-order valence-electron chi connectivity index (χ3n) is 1.60. The molecular formula is C10H5F4NO. The van der Waals surface area contributed by atoms with Crippen LogP contribution < -0.4 is 5.73 Å². The molecule has 0 aliphatic rings. The Morgan fingerprint density at radius 2 is 1.94 bits per heavy atom. The van der Waals surface area contributed by atoms with E-state index < -0.39 is 23.5 Å². The maximum atomic E-state index is 12.8. The third-order valence-corrected chi connectivity index (χ3v) is 1.60. The predicted molar refractivity (Wildman–Crippen MR) is 47.5 cm³/mol. The van der Waals surface area contributed by atoms with Gasteiger partial charge in [0, 0.05) is 5.56 Å². The molecule has 6 heteroatoms. The number of hydrogen-bond acceptors (Lipinski definition) is 1. The summed E-state index contributed by atoms with van der Waals surface area (Å²) in [5, 5.41) is 0. The van der Waals surface area contributed by atoms with Crippen LogP contribution in [0.3, 0.4) is 0 Å². The zero-order valence-corrected chi connectivity index (χ0v) is 7.73. The minimum Gasteiger partial charge on any atom is -0.359 e. The van der Waals surface area contributed by atoms with E-state index >= 15 is 0 Å². The predicted octanol–water partition coefficient (Wildman–Crippen LogP) is 1.68. The van der Waals surface area contributed by atoms with Gasteiger partial charge in [-0.3, -0.25) is 4.79 Å². The zero-order chi connectivity index (χ0) is 12.3. The molecule has 0 unspecified atom stereocenters. The van der Waals surface area contributed by atoms with Gasteiger partial charge < -0.3 is 5.73 Å². The standard InChI is InChI=1S/C10H5F4NO/c11-8-3-1-6(2-4-9(15)16)5-7(8)10(12,13)14/h1,3,5H,(H2,15,16). The van der Waals surface area contributed by atoms with Gasteiger partial charge in [0.05, 0.1) is 5.56 Å². The van der Waals surface area contributed by atoms with Crippen LogP contribution in [-0.4, -0.2) is 5.91 Å². The van der Waals surface area contributed by atoms with Crippen LogP contribution >= 0.6 is 0 Å². The highest BCUT2D eigenvalue weighted by Gasteiger charge is 2.34. The van der Waals surface area contributed by atoms with Crippen LogP contribution in [0.15, 0.2) is 18.2 Å². The first-order chi connectivity index (χ1) is 7.30. The van der Waals surface area contributed by atoms with Gasteiger partial charge in [-0.15, -0.1) is 0 Å². The van der Waals surface area contributed by atoms with Crippen LogP contribution in [-0.2, 0) is 11.0 Å². The molecule has 0 atom stereocenters. The molecule has 0 fully saturated rings. The second-order valence-electron chi connectivity index (χ2n) is 2.81. The Hall–Kier alpha value is -2.03. The molecule has 1 aromatic rings. The van der Waals surface area contributed by atoms with E-state index in [9.17, 15) is 22.4 Å². The lowest BCUT2D eigenvalue weighted by Crippen LogP contribution is -2.08. The largest absolute Gasteiger partial charge is 0.419 e. The lowest BCUT2D eigenvalue weighted by atomic mass is 10.1. The molecule has 1 amide bonds. The highest BCUT2D eigenvalue weighted by atomic mass is 19.4. The summed E-state index contributed by atoms with van der Waals surface area (Å²) in [7, 11) is 0. The van der Waals surface area contributed by atoms with E-state index in [1.807, 2.05) is 5.92 Å². The summed E-state index contributed by atoms with van der Waals surface area (Å²) in [5.74, 6) is 1.59. The van der Waals surface area contributed by atoms with Gasteiger partial charge in [-0.25, -0.2) is 4.39 Å². The maximum Gasteiger partial charge on any atom is 0.419 e. The summed E-state index contributed by atoms with van der Waals surface area (Å²) in [4.78, 5) is 10.3.